The molecular weight excluding hydrogens is 248 g/mol. The monoisotopic (exact) mass is 262 g/mol. The van der Waals surface area contributed by atoms with Crippen LogP contribution in [0.3, 0.4) is 0 Å². The molecule has 3 heteroatoms. The molecule has 2 aromatic carbocycles. The van der Waals surface area contributed by atoms with Gasteiger partial charge in [0.1, 0.15) is 11.5 Å². The first kappa shape index (κ1) is 12.8. The fraction of sp³-hybridized carbons (Fsp3) is 0.200. The summed E-state index contributed by atoms with van der Waals surface area (Å²) in [5.74, 6) is 0.969. The van der Waals surface area contributed by atoms with Crippen molar-refractivity contribution in [2.24, 2.45) is 0 Å². The van der Waals surface area contributed by atoms with Crippen molar-refractivity contribution in [3.63, 3.8) is 0 Å². The highest BCUT2D eigenvalue weighted by Crippen LogP contribution is 2.34. The van der Waals surface area contributed by atoms with Crippen molar-refractivity contribution >= 4 is 11.6 Å². The van der Waals surface area contributed by atoms with E-state index in [-0.39, 0.29) is 5.75 Å². The molecule has 2 rings (SSSR count). The van der Waals surface area contributed by atoms with Crippen LogP contribution in [0.4, 0.5) is 0 Å². The van der Waals surface area contributed by atoms with E-state index in [4.69, 9.17) is 16.3 Å². The van der Waals surface area contributed by atoms with Crippen molar-refractivity contribution < 1.29 is 9.84 Å². The Morgan fingerprint density at radius 2 is 1.78 bits per heavy atom. The molecule has 0 heterocycles. The van der Waals surface area contributed by atoms with E-state index in [1.54, 1.807) is 19.2 Å². The summed E-state index contributed by atoms with van der Waals surface area (Å²) in [5, 5.41) is 10.0. The van der Waals surface area contributed by atoms with E-state index in [2.05, 4.69) is 6.07 Å². The summed E-state index contributed by atoms with van der Waals surface area (Å²) in [6.07, 6.45) is 0. The summed E-state index contributed by atoms with van der Waals surface area (Å²) >= 11 is 5.82. The highest BCUT2D eigenvalue weighted by atomic mass is 35.5. The summed E-state index contributed by atoms with van der Waals surface area (Å²) in [7, 11) is 1.66. The molecule has 0 bridgehead atoms. The number of methoxy groups -OCH3 is 1. The van der Waals surface area contributed by atoms with Gasteiger partial charge in [0.15, 0.2) is 0 Å². The van der Waals surface area contributed by atoms with Crippen LogP contribution in [0, 0.1) is 13.8 Å². The molecule has 0 amide bonds. The molecule has 0 fully saturated rings. The molecule has 2 aromatic rings. The molecule has 1 N–H and O–H groups in total. The largest absolute Gasteiger partial charge is 0.506 e. The molecule has 0 saturated carbocycles. The number of phenols is 1. The molecule has 0 radical (unpaired) electrons. The lowest BCUT2D eigenvalue weighted by molar-refractivity contribution is 0.411. The first-order valence-corrected chi connectivity index (χ1v) is 6.05. The van der Waals surface area contributed by atoms with Crippen LogP contribution in [-0.4, -0.2) is 12.2 Å². The van der Waals surface area contributed by atoms with Crippen molar-refractivity contribution in [1.29, 1.82) is 0 Å². The molecule has 0 unspecified atom stereocenters. The number of aryl methyl sites for hydroxylation is 2. The molecule has 0 atom stereocenters. The van der Waals surface area contributed by atoms with Gasteiger partial charge >= 0.3 is 0 Å². The lowest BCUT2D eigenvalue weighted by Crippen LogP contribution is -1.91. The second-order valence-corrected chi connectivity index (χ2v) is 4.71. The van der Waals surface area contributed by atoms with E-state index < -0.39 is 0 Å². The maximum absolute atomic E-state index is 9.67. The Balaban J connectivity index is 2.57. The number of aromatic hydroxyl groups is 1. The van der Waals surface area contributed by atoms with Gasteiger partial charge in [-0.1, -0.05) is 17.7 Å². The summed E-state index contributed by atoms with van der Waals surface area (Å²) < 4.78 is 5.29. The van der Waals surface area contributed by atoms with Crippen LogP contribution in [-0.2, 0) is 0 Å². The predicted octanol–water partition coefficient (Wildman–Crippen LogP) is 4.34. The van der Waals surface area contributed by atoms with E-state index in [0.29, 0.717) is 5.02 Å². The van der Waals surface area contributed by atoms with Gasteiger partial charge in [0.05, 0.1) is 12.1 Å². The van der Waals surface area contributed by atoms with E-state index in [0.717, 1.165) is 28.0 Å². The molecule has 0 aliphatic heterocycles. The molecule has 0 spiro atoms. The molecule has 0 saturated heterocycles. The second-order valence-electron chi connectivity index (χ2n) is 4.30. The number of halogens is 1. The van der Waals surface area contributed by atoms with E-state index in [1.807, 2.05) is 26.0 Å². The molecule has 94 valence electrons. The average Bonchev–Trinajstić information content (AvgIpc) is 2.35. The van der Waals surface area contributed by atoms with E-state index in [9.17, 15) is 5.11 Å². The van der Waals surface area contributed by atoms with Crippen molar-refractivity contribution in [3.8, 4) is 22.6 Å². The Hall–Kier alpha value is -1.67. The maximum atomic E-state index is 9.67. The second kappa shape index (κ2) is 4.91. The fourth-order valence-corrected chi connectivity index (χ4v) is 2.12. The maximum Gasteiger partial charge on any atom is 0.134 e. The van der Waals surface area contributed by atoms with Gasteiger partial charge in [-0.05, 0) is 60.4 Å². The van der Waals surface area contributed by atoms with Crippen LogP contribution in [0.5, 0.6) is 11.5 Å². The number of rotatable bonds is 2. The number of ether oxygens (including phenoxy) is 1. The predicted molar refractivity (Wildman–Crippen MR) is 74.6 cm³/mol. The molecule has 18 heavy (non-hydrogen) atoms. The smallest absolute Gasteiger partial charge is 0.134 e. The van der Waals surface area contributed by atoms with Gasteiger partial charge < -0.3 is 9.84 Å². The molecule has 2 nitrogen and oxygen atoms in total. The lowest BCUT2D eigenvalue weighted by Gasteiger charge is -2.12. The standard InChI is InChI=1S/C15H15ClO2/c1-9-7-15(18-3)10(2)6-12(9)11-4-5-13(16)14(17)8-11/h4-8,17H,1-3H3. The number of hydrogen-bond donors (Lipinski definition) is 1. The summed E-state index contributed by atoms with van der Waals surface area (Å²) in [6.45, 7) is 4.01. The van der Waals surface area contributed by atoms with Crippen molar-refractivity contribution in [1.82, 2.24) is 0 Å². The quantitative estimate of drug-likeness (QED) is 0.872. The van der Waals surface area contributed by atoms with Gasteiger partial charge in [-0.25, -0.2) is 0 Å². The van der Waals surface area contributed by atoms with Crippen molar-refractivity contribution in [2.75, 3.05) is 7.11 Å². The van der Waals surface area contributed by atoms with Gasteiger partial charge in [0.25, 0.3) is 0 Å². The van der Waals surface area contributed by atoms with Crippen molar-refractivity contribution in [2.45, 2.75) is 13.8 Å². The van der Waals surface area contributed by atoms with Crippen LogP contribution >= 0.6 is 11.6 Å². The Kier molecular flexibility index (Phi) is 3.48. The van der Waals surface area contributed by atoms with Crippen LogP contribution in [0.15, 0.2) is 30.3 Å². The Labute approximate surface area is 112 Å². The lowest BCUT2D eigenvalue weighted by atomic mass is 9.97. The topological polar surface area (TPSA) is 29.5 Å². The van der Waals surface area contributed by atoms with Gasteiger partial charge in [0.2, 0.25) is 0 Å². The van der Waals surface area contributed by atoms with Crippen LogP contribution in [0.2, 0.25) is 5.02 Å². The summed E-state index contributed by atoms with van der Waals surface area (Å²) in [6, 6.07) is 9.32. The fourth-order valence-electron chi connectivity index (χ4n) is 2.00. The third-order valence-electron chi connectivity index (χ3n) is 3.00. The third kappa shape index (κ3) is 2.29. The van der Waals surface area contributed by atoms with Gasteiger partial charge in [0, 0.05) is 0 Å². The molecule has 0 aliphatic carbocycles. The third-order valence-corrected chi connectivity index (χ3v) is 3.32. The van der Waals surface area contributed by atoms with Gasteiger partial charge in [-0.15, -0.1) is 0 Å². The van der Waals surface area contributed by atoms with Crippen LogP contribution < -0.4 is 4.74 Å². The minimum atomic E-state index is 0.0991. The molecule has 0 aromatic heterocycles. The minimum absolute atomic E-state index is 0.0991. The van der Waals surface area contributed by atoms with E-state index in [1.165, 1.54) is 0 Å². The van der Waals surface area contributed by atoms with Crippen LogP contribution in [0.1, 0.15) is 11.1 Å². The molecule has 0 aliphatic rings. The highest BCUT2D eigenvalue weighted by molar-refractivity contribution is 6.32. The Morgan fingerprint density at radius 3 is 2.39 bits per heavy atom. The first-order valence-electron chi connectivity index (χ1n) is 5.67. The summed E-state index contributed by atoms with van der Waals surface area (Å²) in [5.41, 5.74) is 4.17. The minimum Gasteiger partial charge on any atom is -0.506 e. The Morgan fingerprint density at radius 1 is 1.06 bits per heavy atom. The summed E-state index contributed by atoms with van der Waals surface area (Å²) in [4.78, 5) is 0. The van der Waals surface area contributed by atoms with Crippen LogP contribution in [0.25, 0.3) is 11.1 Å². The number of benzene rings is 2. The number of hydrogen-bond acceptors (Lipinski definition) is 2. The van der Waals surface area contributed by atoms with Gasteiger partial charge in [-0.3, -0.25) is 0 Å². The van der Waals surface area contributed by atoms with Crippen molar-refractivity contribution in [3.05, 3.63) is 46.5 Å². The Bertz CT molecular complexity index is 591. The SMILES string of the molecule is COc1cc(C)c(-c2ccc(Cl)c(O)c2)cc1C. The zero-order valence-electron chi connectivity index (χ0n) is 10.6. The average molecular weight is 263 g/mol. The zero-order chi connectivity index (χ0) is 13.3. The normalized spacial score (nSPS) is 10.4. The highest BCUT2D eigenvalue weighted by Gasteiger charge is 2.08. The van der Waals surface area contributed by atoms with Gasteiger partial charge in [-0.2, -0.15) is 0 Å². The van der Waals surface area contributed by atoms with E-state index >= 15 is 0 Å². The zero-order valence-corrected chi connectivity index (χ0v) is 11.4. The molecular formula is C15H15ClO2. The first-order chi connectivity index (χ1) is 8.52. The number of phenolic OH excluding ortho intramolecular Hbond substituents is 1.